The molecule has 84 valence electrons. The first-order valence-electron chi connectivity index (χ1n) is 5.27. The van der Waals surface area contributed by atoms with Crippen molar-refractivity contribution in [3.05, 3.63) is 5.82 Å². The van der Waals surface area contributed by atoms with E-state index in [9.17, 15) is 0 Å². The van der Waals surface area contributed by atoms with Gasteiger partial charge in [0, 0.05) is 50.8 Å². The van der Waals surface area contributed by atoms with Crippen molar-refractivity contribution in [1.82, 2.24) is 14.3 Å². The molecule has 1 aliphatic heterocycles. The third-order valence-electron chi connectivity index (χ3n) is 2.60. The van der Waals surface area contributed by atoms with Gasteiger partial charge in [0.15, 0.2) is 0 Å². The molecule has 0 amide bonds. The highest BCUT2D eigenvalue weighted by molar-refractivity contribution is 7.09. The van der Waals surface area contributed by atoms with Gasteiger partial charge in [-0.05, 0) is 6.92 Å². The second-order valence-corrected chi connectivity index (χ2v) is 4.47. The van der Waals surface area contributed by atoms with Crippen LogP contribution < -0.4 is 10.6 Å². The molecule has 0 saturated carbocycles. The Bertz CT molecular complexity index is 305. The quantitative estimate of drug-likeness (QED) is 0.783. The summed E-state index contributed by atoms with van der Waals surface area (Å²) in [7, 11) is 0. The lowest BCUT2D eigenvalue weighted by atomic mass is 10.3. The summed E-state index contributed by atoms with van der Waals surface area (Å²) in [6.07, 6.45) is 0. The van der Waals surface area contributed by atoms with Crippen LogP contribution >= 0.6 is 11.5 Å². The van der Waals surface area contributed by atoms with E-state index in [1.54, 1.807) is 0 Å². The molecular formula is C9H17N5S. The molecule has 2 N–H and O–H groups in total. The minimum absolute atomic E-state index is 0.748. The number of nitrogens with two attached hydrogens (primary N) is 1. The Balaban J connectivity index is 1.88. The number of piperazine rings is 1. The molecule has 0 spiro atoms. The maximum atomic E-state index is 5.53. The molecule has 0 aromatic carbocycles. The van der Waals surface area contributed by atoms with Crippen LogP contribution in [0.4, 0.5) is 5.13 Å². The number of anilines is 1. The van der Waals surface area contributed by atoms with Gasteiger partial charge in [0.2, 0.25) is 5.13 Å². The van der Waals surface area contributed by atoms with Crippen LogP contribution in [-0.2, 0) is 0 Å². The van der Waals surface area contributed by atoms with E-state index in [2.05, 4.69) is 19.2 Å². The molecule has 1 aromatic rings. The molecule has 0 aliphatic carbocycles. The van der Waals surface area contributed by atoms with Crippen molar-refractivity contribution in [3.63, 3.8) is 0 Å². The molecule has 15 heavy (non-hydrogen) atoms. The normalized spacial score (nSPS) is 18.4. The van der Waals surface area contributed by atoms with Crippen molar-refractivity contribution < 1.29 is 0 Å². The van der Waals surface area contributed by atoms with Crippen molar-refractivity contribution in [3.8, 4) is 0 Å². The largest absolute Gasteiger partial charge is 0.344 e. The van der Waals surface area contributed by atoms with Crippen molar-refractivity contribution >= 4 is 16.7 Å². The zero-order chi connectivity index (χ0) is 10.7. The van der Waals surface area contributed by atoms with Crippen LogP contribution in [0.25, 0.3) is 0 Å². The minimum atomic E-state index is 0.748. The van der Waals surface area contributed by atoms with E-state index in [4.69, 9.17) is 5.73 Å². The van der Waals surface area contributed by atoms with Gasteiger partial charge in [0.25, 0.3) is 0 Å². The summed E-state index contributed by atoms with van der Waals surface area (Å²) in [5.74, 6) is 0.874. The first-order chi connectivity index (χ1) is 7.29. The zero-order valence-corrected chi connectivity index (χ0v) is 9.83. The lowest BCUT2D eigenvalue weighted by Crippen LogP contribution is -2.47. The Hall–Kier alpha value is -0.720. The highest BCUT2D eigenvalue weighted by Crippen LogP contribution is 2.18. The molecule has 1 aliphatic rings. The number of aryl methyl sites for hydroxylation is 1. The van der Waals surface area contributed by atoms with E-state index in [0.717, 1.165) is 50.2 Å². The van der Waals surface area contributed by atoms with E-state index in [1.165, 1.54) is 11.5 Å². The van der Waals surface area contributed by atoms with Crippen LogP contribution in [0.5, 0.6) is 0 Å². The summed E-state index contributed by atoms with van der Waals surface area (Å²) in [5.41, 5.74) is 5.53. The van der Waals surface area contributed by atoms with Crippen LogP contribution in [0.2, 0.25) is 0 Å². The summed E-state index contributed by atoms with van der Waals surface area (Å²) in [6, 6.07) is 0. The average Bonchev–Trinajstić information content (AvgIpc) is 2.67. The van der Waals surface area contributed by atoms with Gasteiger partial charge in [-0.3, -0.25) is 4.90 Å². The van der Waals surface area contributed by atoms with Gasteiger partial charge in [0.1, 0.15) is 5.82 Å². The first-order valence-corrected chi connectivity index (χ1v) is 6.04. The molecule has 6 heteroatoms. The fourth-order valence-corrected chi connectivity index (χ4v) is 2.49. The third-order valence-corrected chi connectivity index (χ3v) is 3.47. The van der Waals surface area contributed by atoms with Gasteiger partial charge >= 0.3 is 0 Å². The van der Waals surface area contributed by atoms with Crippen molar-refractivity contribution in [1.29, 1.82) is 0 Å². The first kappa shape index (κ1) is 10.8. The molecule has 0 bridgehead atoms. The molecule has 0 unspecified atom stereocenters. The molecule has 5 nitrogen and oxygen atoms in total. The summed E-state index contributed by atoms with van der Waals surface area (Å²) in [4.78, 5) is 9.09. The van der Waals surface area contributed by atoms with E-state index in [-0.39, 0.29) is 0 Å². The van der Waals surface area contributed by atoms with Gasteiger partial charge in [-0.15, -0.1) is 0 Å². The predicted molar refractivity (Wildman–Crippen MR) is 62.4 cm³/mol. The number of hydrogen-bond donors (Lipinski definition) is 1. The highest BCUT2D eigenvalue weighted by atomic mass is 32.1. The molecular weight excluding hydrogens is 210 g/mol. The maximum absolute atomic E-state index is 5.53. The van der Waals surface area contributed by atoms with Gasteiger partial charge < -0.3 is 10.6 Å². The summed E-state index contributed by atoms with van der Waals surface area (Å²) >= 11 is 1.49. The molecule has 2 heterocycles. The van der Waals surface area contributed by atoms with Gasteiger partial charge in [-0.1, -0.05) is 0 Å². The Morgan fingerprint density at radius 2 is 2.07 bits per heavy atom. The number of aromatic nitrogens is 2. The summed E-state index contributed by atoms with van der Waals surface area (Å²) in [5, 5.41) is 1.06. The van der Waals surface area contributed by atoms with E-state index < -0.39 is 0 Å². The maximum Gasteiger partial charge on any atom is 0.205 e. The van der Waals surface area contributed by atoms with Crippen LogP contribution in [0.15, 0.2) is 0 Å². The Kier molecular flexibility index (Phi) is 3.50. The standard InChI is InChI=1S/C9H17N5S/c1-8-11-9(15-12-8)14-6-4-13(3-2-10)5-7-14/h2-7,10H2,1H3. The molecule has 2 rings (SSSR count). The lowest BCUT2D eigenvalue weighted by molar-refractivity contribution is 0.265. The van der Waals surface area contributed by atoms with Crippen LogP contribution in [-0.4, -0.2) is 53.5 Å². The van der Waals surface area contributed by atoms with Crippen molar-refractivity contribution in [2.75, 3.05) is 44.2 Å². The van der Waals surface area contributed by atoms with Gasteiger partial charge in [0.05, 0.1) is 0 Å². The van der Waals surface area contributed by atoms with Crippen LogP contribution in [0.3, 0.4) is 0 Å². The highest BCUT2D eigenvalue weighted by Gasteiger charge is 2.18. The monoisotopic (exact) mass is 227 g/mol. The topological polar surface area (TPSA) is 58.3 Å². The van der Waals surface area contributed by atoms with Crippen molar-refractivity contribution in [2.24, 2.45) is 5.73 Å². The number of nitrogens with zero attached hydrogens (tertiary/aromatic N) is 4. The lowest BCUT2D eigenvalue weighted by Gasteiger charge is -2.33. The van der Waals surface area contributed by atoms with Gasteiger partial charge in [-0.2, -0.15) is 4.37 Å². The average molecular weight is 227 g/mol. The molecule has 0 radical (unpaired) electrons. The number of rotatable bonds is 3. The zero-order valence-electron chi connectivity index (χ0n) is 9.02. The van der Waals surface area contributed by atoms with Crippen LogP contribution in [0.1, 0.15) is 5.82 Å². The molecule has 0 atom stereocenters. The van der Waals surface area contributed by atoms with Crippen LogP contribution in [0, 0.1) is 6.92 Å². The van der Waals surface area contributed by atoms with Crippen molar-refractivity contribution in [2.45, 2.75) is 6.92 Å². The smallest absolute Gasteiger partial charge is 0.205 e. The summed E-state index contributed by atoms with van der Waals surface area (Å²) in [6.45, 7) is 7.92. The third kappa shape index (κ3) is 2.64. The number of hydrogen-bond acceptors (Lipinski definition) is 6. The van der Waals surface area contributed by atoms with E-state index >= 15 is 0 Å². The fourth-order valence-electron chi connectivity index (χ4n) is 1.76. The molecule has 1 aromatic heterocycles. The summed E-state index contributed by atoms with van der Waals surface area (Å²) < 4.78 is 4.20. The van der Waals surface area contributed by atoms with E-state index in [1.807, 2.05) is 6.92 Å². The molecule has 1 saturated heterocycles. The Morgan fingerprint density at radius 3 is 2.60 bits per heavy atom. The van der Waals surface area contributed by atoms with E-state index in [0.29, 0.717) is 0 Å². The Morgan fingerprint density at radius 1 is 1.33 bits per heavy atom. The second-order valence-electron chi connectivity index (χ2n) is 3.74. The Labute approximate surface area is 94.1 Å². The SMILES string of the molecule is Cc1nsc(N2CCN(CCN)CC2)n1. The minimum Gasteiger partial charge on any atom is -0.344 e. The second kappa shape index (κ2) is 4.87. The predicted octanol–water partition coefficient (Wildman–Crippen LogP) is -0.0728. The molecule has 1 fully saturated rings. The van der Waals surface area contributed by atoms with Gasteiger partial charge in [-0.25, -0.2) is 4.98 Å². The fraction of sp³-hybridized carbons (Fsp3) is 0.778.